The highest BCUT2D eigenvalue weighted by Gasteiger charge is 2.43. The molecule has 3 N–H and O–H groups in total. The van der Waals surface area contributed by atoms with Gasteiger partial charge in [-0.05, 0) is 0 Å². The van der Waals surface area contributed by atoms with Crippen LogP contribution in [-0.2, 0) is 0 Å². The second-order valence-corrected chi connectivity index (χ2v) is 1.41. The van der Waals surface area contributed by atoms with Crippen LogP contribution in [-0.4, -0.2) is 12.4 Å². The van der Waals surface area contributed by atoms with Crippen LogP contribution < -0.4 is 6.15 Å². The van der Waals surface area contributed by atoms with Gasteiger partial charge >= 0.3 is 12.4 Å². The molecule has 0 saturated carbocycles. The van der Waals surface area contributed by atoms with Crippen LogP contribution in [0.1, 0.15) is 6.42 Å². The fourth-order valence-electron chi connectivity index (χ4n) is 0.227. The predicted octanol–water partition coefficient (Wildman–Crippen LogP) is 2.66. The molecule has 0 amide bonds. The van der Waals surface area contributed by atoms with Crippen molar-refractivity contribution < 1.29 is 26.3 Å². The minimum absolute atomic E-state index is 0. The molecule has 0 bridgehead atoms. The largest absolute Gasteiger partial charge is 0.397 e. The first kappa shape index (κ1) is 12.2. The molecule has 7 heteroatoms. The van der Waals surface area contributed by atoms with Crippen LogP contribution in [0.4, 0.5) is 26.3 Å². The fourth-order valence-corrected chi connectivity index (χ4v) is 0.227. The first-order chi connectivity index (χ1) is 3.71. The lowest BCUT2D eigenvalue weighted by Crippen LogP contribution is -2.20. The summed E-state index contributed by atoms with van der Waals surface area (Å²) in [6, 6.07) is 0. The van der Waals surface area contributed by atoms with Gasteiger partial charge in [0, 0.05) is 0 Å². The van der Waals surface area contributed by atoms with Crippen LogP contribution in [0.15, 0.2) is 0 Å². The lowest BCUT2D eigenvalue weighted by Gasteiger charge is -2.08. The van der Waals surface area contributed by atoms with Crippen LogP contribution in [0.2, 0.25) is 0 Å². The molecule has 0 heterocycles. The SMILES string of the molecule is FC(F)(F)CC(F)(F)F.N. The molecule has 0 spiro atoms. The Labute approximate surface area is 52.6 Å². The monoisotopic (exact) mass is 169 g/mol. The molecule has 0 radical (unpaired) electrons. The van der Waals surface area contributed by atoms with E-state index in [1.54, 1.807) is 0 Å². The summed E-state index contributed by atoms with van der Waals surface area (Å²) in [5.41, 5.74) is 0. The standard InChI is InChI=1S/C3H2F6.H3N/c4-2(5,6)1-3(7,8)9;/h1H2;1H3. The maximum Gasteiger partial charge on any atom is 0.397 e. The van der Waals surface area contributed by atoms with Gasteiger partial charge in [0.15, 0.2) is 0 Å². The Bertz CT molecular complexity index is 78.1. The predicted molar refractivity (Wildman–Crippen MR) is 21.7 cm³/mol. The Hall–Kier alpha value is -0.460. The van der Waals surface area contributed by atoms with E-state index in [-0.39, 0.29) is 6.15 Å². The number of hydrogen-bond acceptors (Lipinski definition) is 1. The molecular weight excluding hydrogens is 164 g/mol. The Morgan fingerprint density at radius 1 is 0.700 bits per heavy atom. The van der Waals surface area contributed by atoms with E-state index in [2.05, 4.69) is 0 Å². The molecule has 0 aliphatic carbocycles. The van der Waals surface area contributed by atoms with Crippen molar-refractivity contribution in [1.82, 2.24) is 6.15 Å². The molecule has 0 aliphatic rings. The van der Waals surface area contributed by atoms with Crippen LogP contribution in [0, 0.1) is 0 Å². The average molecular weight is 169 g/mol. The highest BCUT2D eigenvalue weighted by atomic mass is 19.4. The van der Waals surface area contributed by atoms with Crippen molar-refractivity contribution in [2.24, 2.45) is 0 Å². The quantitative estimate of drug-likeness (QED) is 0.556. The highest BCUT2D eigenvalue weighted by Crippen LogP contribution is 2.31. The smallest absolute Gasteiger partial charge is 0.344 e. The van der Waals surface area contributed by atoms with Crippen molar-refractivity contribution >= 4 is 0 Å². The van der Waals surface area contributed by atoms with Gasteiger partial charge in [-0.3, -0.25) is 0 Å². The molecule has 0 aromatic carbocycles. The first-order valence-electron chi connectivity index (χ1n) is 1.84. The lowest BCUT2D eigenvalue weighted by atomic mass is 10.4. The van der Waals surface area contributed by atoms with Crippen LogP contribution >= 0.6 is 0 Å². The van der Waals surface area contributed by atoms with E-state index in [9.17, 15) is 26.3 Å². The Kier molecular flexibility index (Phi) is 3.78. The normalized spacial score (nSPS) is 12.6. The Balaban J connectivity index is 0. The minimum atomic E-state index is -5.14. The summed E-state index contributed by atoms with van der Waals surface area (Å²) in [6.07, 6.45) is -13.0. The molecule has 0 aliphatic heterocycles. The van der Waals surface area contributed by atoms with Gasteiger partial charge in [0.2, 0.25) is 0 Å². The molecule has 0 atom stereocenters. The van der Waals surface area contributed by atoms with E-state index in [1.165, 1.54) is 0 Å². The fraction of sp³-hybridized carbons (Fsp3) is 1.00. The van der Waals surface area contributed by atoms with Crippen molar-refractivity contribution in [2.45, 2.75) is 18.8 Å². The molecule has 0 fully saturated rings. The molecule has 1 nitrogen and oxygen atoms in total. The van der Waals surface area contributed by atoms with Gasteiger partial charge in [-0.1, -0.05) is 0 Å². The molecular formula is C3H5F6N. The second-order valence-electron chi connectivity index (χ2n) is 1.41. The Morgan fingerprint density at radius 3 is 0.900 bits per heavy atom. The van der Waals surface area contributed by atoms with E-state index in [1.807, 2.05) is 0 Å². The maximum atomic E-state index is 10.8. The van der Waals surface area contributed by atoms with E-state index in [4.69, 9.17) is 0 Å². The third-order valence-corrected chi connectivity index (χ3v) is 0.401. The molecule has 64 valence electrons. The average Bonchev–Trinajstić information content (AvgIpc) is 1.14. The van der Waals surface area contributed by atoms with Gasteiger partial charge in [0.25, 0.3) is 0 Å². The van der Waals surface area contributed by atoms with Gasteiger partial charge < -0.3 is 6.15 Å². The summed E-state index contributed by atoms with van der Waals surface area (Å²) >= 11 is 0. The molecule has 0 rings (SSSR count). The van der Waals surface area contributed by atoms with Gasteiger partial charge in [-0.2, -0.15) is 26.3 Å². The number of alkyl halides is 6. The molecule has 0 unspecified atom stereocenters. The summed E-state index contributed by atoms with van der Waals surface area (Å²) < 4.78 is 65.0. The topological polar surface area (TPSA) is 35.0 Å². The van der Waals surface area contributed by atoms with E-state index < -0.39 is 18.8 Å². The van der Waals surface area contributed by atoms with Crippen LogP contribution in [0.25, 0.3) is 0 Å². The second kappa shape index (κ2) is 3.09. The van der Waals surface area contributed by atoms with Crippen molar-refractivity contribution in [3.63, 3.8) is 0 Å². The summed E-state index contributed by atoms with van der Waals surface area (Å²) in [5, 5.41) is 0. The van der Waals surface area contributed by atoms with E-state index in [0.29, 0.717) is 0 Å². The summed E-state index contributed by atoms with van der Waals surface area (Å²) in [7, 11) is 0. The highest BCUT2D eigenvalue weighted by molar-refractivity contribution is 4.57. The van der Waals surface area contributed by atoms with Crippen LogP contribution in [0.5, 0.6) is 0 Å². The summed E-state index contributed by atoms with van der Waals surface area (Å²) in [4.78, 5) is 0. The summed E-state index contributed by atoms with van der Waals surface area (Å²) in [6.45, 7) is 0. The zero-order valence-electron chi connectivity index (χ0n) is 4.68. The number of rotatable bonds is 0. The third kappa shape index (κ3) is 10.5. The number of halogens is 6. The Morgan fingerprint density at radius 2 is 0.900 bits per heavy atom. The molecule has 0 aromatic heterocycles. The third-order valence-electron chi connectivity index (χ3n) is 0.401. The van der Waals surface area contributed by atoms with Gasteiger partial charge in [-0.15, -0.1) is 0 Å². The van der Waals surface area contributed by atoms with Gasteiger partial charge in [0.05, 0.1) is 0 Å². The van der Waals surface area contributed by atoms with E-state index in [0.717, 1.165) is 0 Å². The molecule has 10 heavy (non-hydrogen) atoms. The van der Waals surface area contributed by atoms with Gasteiger partial charge in [0.1, 0.15) is 6.42 Å². The molecule has 0 aromatic rings. The van der Waals surface area contributed by atoms with Gasteiger partial charge in [-0.25, -0.2) is 0 Å². The minimum Gasteiger partial charge on any atom is -0.344 e. The summed E-state index contributed by atoms with van der Waals surface area (Å²) in [5.74, 6) is 0. The first-order valence-corrected chi connectivity index (χ1v) is 1.84. The van der Waals surface area contributed by atoms with Crippen LogP contribution in [0.3, 0.4) is 0 Å². The number of hydrogen-bond donors (Lipinski definition) is 1. The zero-order valence-corrected chi connectivity index (χ0v) is 4.68. The van der Waals surface area contributed by atoms with Crippen molar-refractivity contribution in [1.29, 1.82) is 0 Å². The van der Waals surface area contributed by atoms with Crippen molar-refractivity contribution in [3.8, 4) is 0 Å². The maximum absolute atomic E-state index is 10.8. The van der Waals surface area contributed by atoms with Crippen molar-refractivity contribution in [2.75, 3.05) is 0 Å². The zero-order chi connectivity index (χ0) is 7.71. The van der Waals surface area contributed by atoms with Crippen molar-refractivity contribution in [3.05, 3.63) is 0 Å². The lowest BCUT2D eigenvalue weighted by molar-refractivity contribution is -0.232. The van der Waals surface area contributed by atoms with E-state index >= 15 is 0 Å². The molecule has 0 saturated heterocycles.